The van der Waals surface area contributed by atoms with Crippen LogP contribution in [0.25, 0.3) is 11.0 Å². The first kappa shape index (κ1) is 11.9. The van der Waals surface area contributed by atoms with E-state index in [9.17, 15) is 5.11 Å². The summed E-state index contributed by atoms with van der Waals surface area (Å²) in [5.41, 5.74) is 1.81. The molecule has 0 aliphatic heterocycles. The number of imidazole rings is 1. The van der Waals surface area contributed by atoms with Gasteiger partial charge in [-0.05, 0) is 17.5 Å². The van der Waals surface area contributed by atoms with Crippen LogP contribution >= 0.6 is 0 Å². The van der Waals surface area contributed by atoms with Crippen LogP contribution < -0.4 is 5.32 Å². The molecule has 1 aromatic heterocycles. The van der Waals surface area contributed by atoms with Crippen molar-refractivity contribution in [1.29, 1.82) is 0 Å². The van der Waals surface area contributed by atoms with Gasteiger partial charge in [-0.1, -0.05) is 32.9 Å². The number of anilines is 1. The highest BCUT2D eigenvalue weighted by Crippen LogP contribution is 2.19. The minimum atomic E-state index is -0.407. The molecule has 1 heterocycles. The van der Waals surface area contributed by atoms with Gasteiger partial charge < -0.3 is 15.4 Å². The summed E-state index contributed by atoms with van der Waals surface area (Å²) in [5, 5.41) is 13.0. The second-order valence-electron chi connectivity index (χ2n) is 5.37. The normalized spacial score (nSPS) is 13.9. The van der Waals surface area contributed by atoms with E-state index in [1.165, 1.54) is 0 Å². The van der Waals surface area contributed by atoms with E-state index in [-0.39, 0.29) is 5.41 Å². The van der Waals surface area contributed by atoms with Crippen molar-refractivity contribution >= 4 is 17.0 Å². The molecule has 2 aromatic rings. The molecule has 0 saturated carbocycles. The topological polar surface area (TPSA) is 60.9 Å². The minimum absolute atomic E-state index is 0.126. The molecule has 4 nitrogen and oxygen atoms in total. The van der Waals surface area contributed by atoms with Crippen LogP contribution in [0.1, 0.15) is 20.8 Å². The molecule has 1 atom stereocenters. The monoisotopic (exact) mass is 233 g/mol. The molecule has 0 radical (unpaired) electrons. The van der Waals surface area contributed by atoms with E-state index in [0.717, 1.165) is 11.0 Å². The molecule has 2 rings (SSSR count). The van der Waals surface area contributed by atoms with Crippen molar-refractivity contribution in [1.82, 2.24) is 9.97 Å². The fourth-order valence-electron chi connectivity index (χ4n) is 1.54. The van der Waals surface area contributed by atoms with Gasteiger partial charge in [0.1, 0.15) is 0 Å². The van der Waals surface area contributed by atoms with Gasteiger partial charge in [-0.15, -0.1) is 0 Å². The lowest BCUT2D eigenvalue weighted by Gasteiger charge is -2.25. The predicted molar refractivity (Wildman–Crippen MR) is 70.0 cm³/mol. The third-order valence-corrected chi connectivity index (χ3v) is 2.85. The van der Waals surface area contributed by atoms with Gasteiger partial charge in [-0.2, -0.15) is 0 Å². The average Bonchev–Trinajstić information content (AvgIpc) is 2.66. The molecule has 0 aliphatic rings. The zero-order chi connectivity index (χ0) is 12.5. The van der Waals surface area contributed by atoms with Crippen molar-refractivity contribution in [3.05, 3.63) is 24.3 Å². The number of H-pyrrole nitrogens is 1. The Labute approximate surface area is 101 Å². The first-order valence-corrected chi connectivity index (χ1v) is 5.83. The molecule has 0 aliphatic carbocycles. The number of aliphatic hydroxyl groups is 1. The number of aromatic amines is 1. The maximum atomic E-state index is 9.92. The van der Waals surface area contributed by atoms with Crippen molar-refractivity contribution in [2.24, 2.45) is 5.41 Å². The first-order valence-electron chi connectivity index (χ1n) is 5.83. The van der Waals surface area contributed by atoms with Crippen LogP contribution in [-0.2, 0) is 0 Å². The van der Waals surface area contributed by atoms with Gasteiger partial charge in [0.25, 0.3) is 0 Å². The molecule has 1 aromatic carbocycles. The highest BCUT2D eigenvalue weighted by molar-refractivity contribution is 5.77. The largest absolute Gasteiger partial charge is 0.391 e. The van der Waals surface area contributed by atoms with E-state index in [0.29, 0.717) is 12.5 Å². The maximum absolute atomic E-state index is 9.92. The van der Waals surface area contributed by atoms with E-state index in [1.807, 2.05) is 45.0 Å². The average molecular weight is 233 g/mol. The second-order valence-corrected chi connectivity index (χ2v) is 5.37. The van der Waals surface area contributed by atoms with Crippen LogP contribution in [0.2, 0.25) is 0 Å². The molecule has 4 heteroatoms. The van der Waals surface area contributed by atoms with Crippen molar-refractivity contribution in [3.63, 3.8) is 0 Å². The van der Waals surface area contributed by atoms with Crippen molar-refractivity contribution in [2.75, 3.05) is 11.9 Å². The third-order valence-electron chi connectivity index (χ3n) is 2.85. The Balaban J connectivity index is 2.04. The van der Waals surface area contributed by atoms with E-state index >= 15 is 0 Å². The van der Waals surface area contributed by atoms with Gasteiger partial charge in [0, 0.05) is 6.54 Å². The summed E-state index contributed by atoms with van der Waals surface area (Å²) in [6, 6.07) is 7.86. The summed E-state index contributed by atoms with van der Waals surface area (Å²) in [6.07, 6.45) is -0.407. The van der Waals surface area contributed by atoms with Gasteiger partial charge in [0.2, 0.25) is 5.95 Å². The molecular formula is C13H19N3O. The lowest BCUT2D eigenvalue weighted by Crippen LogP contribution is -2.33. The molecule has 1 unspecified atom stereocenters. The smallest absolute Gasteiger partial charge is 0.201 e. The summed E-state index contributed by atoms with van der Waals surface area (Å²) in [7, 11) is 0. The van der Waals surface area contributed by atoms with Crippen molar-refractivity contribution in [3.8, 4) is 0 Å². The molecule has 0 amide bonds. The SMILES string of the molecule is CC(C)(C)C(O)CNc1nc2ccccc2[nH]1. The summed E-state index contributed by atoms with van der Waals surface area (Å²) >= 11 is 0. The number of fused-ring (bicyclic) bond motifs is 1. The summed E-state index contributed by atoms with van der Waals surface area (Å²) < 4.78 is 0. The Hall–Kier alpha value is -1.55. The number of nitrogens with zero attached hydrogens (tertiary/aromatic N) is 1. The Bertz CT molecular complexity index is 466. The number of aliphatic hydroxyl groups excluding tert-OH is 1. The van der Waals surface area contributed by atoms with Gasteiger partial charge in [-0.3, -0.25) is 0 Å². The molecule has 3 N–H and O–H groups in total. The lowest BCUT2D eigenvalue weighted by molar-refractivity contribution is 0.0744. The summed E-state index contributed by atoms with van der Waals surface area (Å²) in [5.74, 6) is 0.703. The molecule has 17 heavy (non-hydrogen) atoms. The summed E-state index contributed by atoms with van der Waals surface area (Å²) in [4.78, 5) is 7.56. The van der Waals surface area contributed by atoms with Crippen LogP contribution in [-0.4, -0.2) is 27.7 Å². The van der Waals surface area contributed by atoms with Crippen LogP contribution in [0.3, 0.4) is 0 Å². The predicted octanol–water partition coefficient (Wildman–Crippen LogP) is 2.38. The Morgan fingerprint density at radius 1 is 1.35 bits per heavy atom. The third kappa shape index (κ3) is 2.77. The second kappa shape index (κ2) is 4.37. The van der Waals surface area contributed by atoms with E-state index in [2.05, 4.69) is 15.3 Å². The fourth-order valence-corrected chi connectivity index (χ4v) is 1.54. The highest BCUT2D eigenvalue weighted by atomic mass is 16.3. The van der Waals surface area contributed by atoms with Gasteiger partial charge in [0.15, 0.2) is 0 Å². The fraction of sp³-hybridized carbons (Fsp3) is 0.462. The molecule has 92 valence electrons. The maximum Gasteiger partial charge on any atom is 0.201 e. The number of nitrogens with one attached hydrogen (secondary N) is 2. The van der Waals surface area contributed by atoms with E-state index in [1.54, 1.807) is 0 Å². The zero-order valence-electron chi connectivity index (χ0n) is 10.5. The molecule has 0 fully saturated rings. The highest BCUT2D eigenvalue weighted by Gasteiger charge is 2.21. The van der Waals surface area contributed by atoms with E-state index < -0.39 is 6.10 Å². The quantitative estimate of drug-likeness (QED) is 0.762. The molecule has 0 spiro atoms. The number of benzene rings is 1. The van der Waals surface area contributed by atoms with Crippen LogP contribution in [0, 0.1) is 5.41 Å². The molecule has 0 bridgehead atoms. The van der Waals surface area contributed by atoms with Gasteiger partial charge in [-0.25, -0.2) is 4.98 Å². The number of para-hydroxylation sites is 2. The molecule has 0 saturated heterocycles. The number of rotatable bonds is 3. The van der Waals surface area contributed by atoms with Crippen LogP contribution in [0.4, 0.5) is 5.95 Å². The van der Waals surface area contributed by atoms with Crippen LogP contribution in [0.5, 0.6) is 0 Å². The Kier molecular flexibility index (Phi) is 3.07. The molecular weight excluding hydrogens is 214 g/mol. The van der Waals surface area contributed by atoms with Crippen molar-refractivity contribution < 1.29 is 5.11 Å². The Morgan fingerprint density at radius 3 is 2.71 bits per heavy atom. The first-order chi connectivity index (χ1) is 7.97. The Morgan fingerprint density at radius 2 is 2.06 bits per heavy atom. The minimum Gasteiger partial charge on any atom is -0.391 e. The summed E-state index contributed by atoms with van der Waals surface area (Å²) in [6.45, 7) is 6.53. The standard InChI is InChI=1S/C13H19N3O/c1-13(2,3)11(17)8-14-12-15-9-6-4-5-7-10(9)16-12/h4-7,11,17H,8H2,1-3H3,(H2,14,15,16). The number of aromatic nitrogens is 2. The van der Waals surface area contributed by atoms with Gasteiger partial charge >= 0.3 is 0 Å². The van der Waals surface area contributed by atoms with Gasteiger partial charge in [0.05, 0.1) is 17.1 Å². The van der Waals surface area contributed by atoms with Crippen LogP contribution in [0.15, 0.2) is 24.3 Å². The number of hydrogen-bond acceptors (Lipinski definition) is 3. The number of hydrogen-bond donors (Lipinski definition) is 3. The lowest BCUT2D eigenvalue weighted by atomic mass is 9.89. The van der Waals surface area contributed by atoms with E-state index in [4.69, 9.17) is 0 Å². The zero-order valence-corrected chi connectivity index (χ0v) is 10.5. The van der Waals surface area contributed by atoms with Crippen molar-refractivity contribution in [2.45, 2.75) is 26.9 Å².